The molecule has 8 aromatic carbocycles. The Morgan fingerprint density at radius 3 is 1.91 bits per heavy atom. The Labute approximate surface area is 419 Å². The Bertz CT molecular complexity index is 3610. The van der Waals surface area contributed by atoms with Crippen LogP contribution >= 0.6 is 11.3 Å². The van der Waals surface area contributed by atoms with Crippen LogP contribution in [0.5, 0.6) is 0 Å². The molecule has 0 radical (unpaired) electrons. The van der Waals surface area contributed by atoms with Crippen LogP contribution in [-0.4, -0.2) is 12.3 Å². The van der Waals surface area contributed by atoms with Gasteiger partial charge in [-0.25, -0.2) is 0 Å². The third-order valence-corrected chi connectivity index (χ3v) is 18.3. The van der Waals surface area contributed by atoms with E-state index in [9.17, 15) is 0 Å². The molecule has 0 spiro atoms. The van der Waals surface area contributed by atoms with E-state index in [2.05, 4.69) is 241 Å². The number of anilines is 8. The summed E-state index contributed by atoms with van der Waals surface area (Å²) in [6.45, 7) is 21.5. The lowest BCUT2D eigenvalue weighted by Crippen LogP contribution is -2.61. The van der Waals surface area contributed by atoms with E-state index in [4.69, 9.17) is 0 Å². The maximum Gasteiger partial charge on any atom is 0.252 e. The summed E-state index contributed by atoms with van der Waals surface area (Å²) < 4.78 is 2.65. The Morgan fingerprint density at radius 1 is 0.500 bits per heavy atom. The topological polar surface area (TPSA) is 9.72 Å². The van der Waals surface area contributed by atoms with Crippen molar-refractivity contribution < 1.29 is 0 Å². The van der Waals surface area contributed by atoms with Crippen LogP contribution in [-0.2, 0) is 16.2 Å². The highest BCUT2D eigenvalue weighted by Crippen LogP contribution is 2.61. The van der Waals surface area contributed by atoms with Gasteiger partial charge in [-0.3, -0.25) is 0 Å². The first-order chi connectivity index (χ1) is 33.6. The van der Waals surface area contributed by atoms with Crippen molar-refractivity contribution in [3.63, 3.8) is 0 Å². The second-order valence-corrected chi connectivity index (χ2v) is 24.5. The van der Waals surface area contributed by atoms with Crippen molar-refractivity contribution in [3.8, 4) is 11.1 Å². The Morgan fingerprint density at radius 2 is 1.13 bits per heavy atom. The van der Waals surface area contributed by atoms with Crippen LogP contribution in [0, 0.1) is 6.92 Å². The molecule has 0 N–H and O–H groups in total. The lowest BCUT2D eigenvalue weighted by molar-refractivity contribution is 0.195. The normalized spacial score (nSPS) is 19.3. The Hall–Kier alpha value is -6.56. The average molecular weight is 928 g/mol. The first-order valence-corrected chi connectivity index (χ1v) is 26.5. The zero-order chi connectivity index (χ0) is 48.1. The third-order valence-electron chi connectivity index (χ3n) is 17.1. The summed E-state index contributed by atoms with van der Waals surface area (Å²) in [5.74, 6) is 0. The van der Waals surface area contributed by atoms with Gasteiger partial charge in [0.2, 0.25) is 0 Å². The van der Waals surface area contributed by atoms with E-state index in [0.717, 1.165) is 6.42 Å². The lowest BCUT2D eigenvalue weighted by atomic mass is 9.33. The minimum absolute atomic E-state index is 0.00676. The fourth-order valence-corrected chi connectivity index (χ4v) is 14.3. The molecule has 346 valence electrons. The second-order valence-electron chi connectivity index (χ2n) is 23.4. The van der Waals surface area contributed by atoms with Crippen molar-refractivity contribution in [2.75, 3.05) is 14.7 Å². The fourth-order valence-electron chi connectivity index (χ4n) is 13.3. The quantitative estimate of drug-likeness (QED) is 0.163. The molecule has 1 saturated carbocycles. The largest absolute Gasteiger partial charge is 0.334 e. The maximum absolute atomic E-state index is 2.76. The monoisotopic (exact) mass is 927 g/mol. The van der Waals surface area contributed by atoms with Crippen molar-refractivity contribution in [2.24, 2.45) is 0 Å². The van der Waals surface area contributed by atoms with Gasteiger partial charge in [-0.15, -0.1) is 11.3 Å². The van der Waals surface area contributed by atoms with Crippen LogP contribution in [0.15, 0.2) is 164 Å². The smallest absolute Gasteiger partial charge is 0.252 e. The highest BCUT2D eigenvalue weighted by molar-refractivity contribution is 7.25. The van der Waals surface area contributed by atoms with E-state index < -0.39 is 0 Å². The number of rotatable bonds is 4. The summed E-state index contributed by atoms with van der Waals surface area (Å²) in [5, 5.41) is 2.63. The van der Waals surface area contributed by atoms with Gasteiger partial charge in [0, 0.05) is 71.0 Å². The molecule has 1 aliphatic carbocycles. The highest BCUT2D eigenvalue weighted by atomic mass is 32.1. The molecular weight excluding hydrogens is 866 g/mol. The molecule has 1 fully saturated rings. The van der Waals surface area contributed by atoms with Gasteiger partial charge in [-0.05, 0) is 155 Å². The SMILES string of the molecule is Cc1cc2c3c(c1)N(c1ccc(C(C)(C)C)cc1-c1ccccc1)c1cc(N4c5ccccc5C5(C)CCCCC45C)ccc1B3c1ccc(C(C)(C)C)cc1N2c1ccc2sc3ccccc3c2c1. The minimum Gasteiger partial charge on any atom is -0.334 e. The predicted molar refractivity (Wildman–Crippen MR) is 304 cm³/mol. The van der Waals surface area contributed by atoms with E-state index >= 15 is 0 Å². The molecule has 2 atom stereocenters. The van der Waals surface area contributed by atoms with E-state index in [0.29, 0.717) is 0 Å². The van der Waals surface area contributed by atoms with Crippen molar-refractivity contribution in [2.45, 2.75) is 110 Å². The first kappa shape index (κ1) is 43.5. The van der Waals surface area contributed by atoms with Gasteiger partial charge < -0.3 is 14.7 Å². The van der Waals surface area contributed by atoms with Gasteiger partial charge in [-0.2, -0.15) is 0 Å². The van der Waals surface area contributed by atoms with Crippen LogP contribution in [0.1, 0.15) is 103 Å². The van der Waals surface area contributed by atoms with E-state index in [1.165, 1.54) is 135 Å². The number of hydrogen-bond donors (Lipinski definition) is 0. The van der Waals surface area contributed by atoms with Crippen LogP contribution in [0.2, 0.25) is 0 Å². The molecule has 0 bridgehead atoms. The number of fused-ring (bicyclic) bond motifs is 10. The standard InChI is InChI=1S/C65H62BN3S/c1-41-35-57-61-58(36-41)68(53-31-26-43(62(2,3)4)37-48(53)42-19-11-10-12-20-42)56-40-46(69-54-23-15-14-22-50(54)64(8)33-17-18-34-65(64,69)9)27-30-52(56)66(61)51-29-25-44(63(5,6)7)38-55(51)67(57)45-28-32-60-49(39-45)47-21-13-16-24-59(47)70-60/h10-16,19-32,35-40H,17-18,33-34H2,1-9H3. The van der Waals surface area contributed by atoms with Gasteiger partial charge in [0.05, 0.1) is 11.2 Å². The Balaban J connectivity index is 1.12. The highest BCUT2D eigenvalue weighted by Gasteiger charge is 2.58. The minimum atomic E-state index is -0.0654. The molecule has 0 saturated heterocycles. The number of para-hydroxylation sites is 1. The molecular formula is C65H62BN3S. The molecule has 1 aromatic heterocycles. The zero-order valence-corrected chi connectivity index (χ0v) is 43.1. The van der Waals surface area contributed by atoms with Crippen molar-refractivity contribution in [1.29, 1.82) is 0 Å². The van der Waals surface area contributed by atoms with E-state index in [-0.39, 0.29) is 28.5 Å². The zero-order valence-electron chi connectivity index (χ0n) is 42.2. The fraction of sp³-hybridized carbons (Fsp3) is 0.262. The third kappa shape index (κ3) is 6.26. The van der Waals surface area contributed by atoms with Crippen LogP contribution in [0.25, 0.3) is 31.3 Å². The van der Waals surface area contributed by atoms with Crippen molar-refractivity contribution in [3.05, 3.63) is 186 Å². The van der Waals surface area contributed by atoms with Gasteiger partial charge in [0.1, 0.15) is 0 Å². The summed E-state index contributed by atoms with van der Waals surface area (Å²) in [5.41, 5.74) is 21.9. The van der Waals surface area contributed by atoms with Crippen molar-refractivity contribution in [1.82, 2.24) is 0 Å². The maximum atomic E-state index is 2.76. The molecule has 4 aliphatic rings. The predicted octanol–water partition coefficient (Wildman–Crippen LogP) is 16.4. The van der Waals surface area contributed by atoms with Crippen LogP contribution in [0.3, 0.4) is 0 Å². The molecule has 3 nitrogen and oxygen atoms in total. The molecule has 70 heavy (non-hydrogen) atoms. The average Bonchev–Trinajstić information content (AvgIpc) is 3.82. The summed E-state index contributed by atoms with van der Waals surface area (Å²) in [6.07, 6.45) is 4.87. The molecule has 4 heterocycles. The molecule has 5 heteroatoms. The van der Waals surface area contributed by atoms with Crippen LogP contribution < -0.4 is 31.1 Å². The number of benzene rings is 8. The van der Waals surface area contributed by atoms with Gasteiger partial charge >= 0.3 is 0 Å². The number of aryl methyl sites for hydroxylation is 1. The molecule has 0 amide bonds. The summed E-state index contributed by atoms with van der Waals surface area (Å²) in [4.78, 5) is 8.04. The second kappa shape index (κ2) is 15.2. The summed E-state index contributed by atoms with van der Waals surface area (Å²) in [7, 11) is 0. The number of thiophene rings is 1. The molecule has 13 rings (SSSR count). The molecule has 2 unspecified atom stereocenters. The number of hydrogen-bond acceptors (Lipinski definition) is 4. The summed E-state index contributed by atoms with van der Waals surface area (Å²) >= 11 is 1.89. The molecule has 3 aliphatic heterocycles. The lowest BCUT2D eigenvalue weighted by Gasteiger charge is -2.50. The van der Waals surface area contributed by atoms with E-state index in [1.54, 1.807) is 0 Å². The van der Waals surface area contributed by atoms with Crippen molar-refractivity contribution >= 4 is 100 Å². The van der Waals surface area contributed by atoms with E-state index in [1.807, 2.05) is 11.3 Å². The summed E-state index contributed by atoms with van der Waals surface area (Å²) in [6, 6.07) is 63.8. The Kier molecular flexibility index (Phi) is 9.45. The van der Waals surface area contributed by atoms with Gasteiger partial charge in [-0.1, -0.05) is 152 Å². The molecule has 9 aromatic rings. The van der Waals surface area contributed by atoms with Gasteiger partial charge in [0.15, 0.2) is 0 Å². The van der Waals surface area contributed by atoms with Crippen LogP contribution in [0.4, 0.5) is 45.5 Å². The number of nitrogens with zero attached hydrogens (tertiary/aromatic N) is 3. The van der Waals surface area contributed by atoms with Gasteiger partial charge in [0.25, 0.3) is 6.71 Å². The first-order valence-electron chi connectivity index (χ1n) is 25.7.